The average molecular weight is 271 g/mol. The fraction of sp³-hybridized carbons (Fsp3) is 0.833. The first-order valence-corrected chi connectivity index (χ1v) is 7.08. The van der Waals surface area contributed by atoms with E-state index in [1.807, 2.05) is 4.90 Å². The van der Waals surface area contributed by atoms with Gasteiger partial charge >= 0.3 is 6.09 Å². The Morgan fingerprint density at radius 1 is 1.33 bits per heavy atom. The zero-order valence-electron chi connectivity index (χ0n) is 10.9. The molecule has 0 aromatic carbocycles. The van der Waals surface area contributed by atoms with Crippen LogP contribution in [0.5, 0.6) is 0 Å². The lowest BCUT2D eigenvalue weighted by Crippen LogP contribution is -2.55. The zero-order chi connectivity index (χ0) is 13.0. The molecule has 5 nitrogen and oxygen atoms in total. The van der Waals surface area contributed by atoms with Crippen molar-refractivity contribution in [2.45, 2.75) is 32.2 Å². The number of carbonyl (C=O) groups excluding carboxylic acids is 1. The molecule has 0 bridgehead atoms. The molecule has 2 aliphatic rings. The second-order valence-corrected chi connectivity index (χ2v) is 5.15. The Bertz CT molecular complexity index is 312. The van der Waals surface area contributed by atoms with Crippen LogP contribution in [0.25, 0.3) is 0 Å². The predicted octanol–water partition coefficient (Wildman–Crippen LogP) is 1.19. The van der Waals surface area contributed by atoms with Crippen molar-refractivity contribution in [3.8, 4) is 0 Å². The van der Waals surface area contributed by atoms with E-state index in [2.05, 4.69) is 10.2 Å². The molecule has 1 amide bonds. The highest BCUT2D eigenvalue weighted by molar-refractivity contribution is 7.80. The first-order valence-electron chi connectivity index (χ1n) is 6.67. The van der Waals surface area contributed by atoms with Crippen LogP contribution in [0.15, 0.2) is 0 Å². The third kappa shape index (κ3) is 3.32. The van der Waals surface area contributed by atoms with Crippen LogP contribution in [0.4, 0.5) is 4.79 Å². The fourth-order valence-electron chi connectivity index (χ4n) is 2.38. The molecule has 1 heterocycles. The number of carbonyl (C=O) groups is 1. The van der Waals surface area contributed by atoms with Crippen LogP contribution in [0.1, 0.15) is 26.2 Å². The van der Waals surface area contributed by atoms with Gasteiger partial charge in [-0.2, -0.15) is 0 Å². The van der Waals surface area contributed by atoms with Gasteiger partial charge in [0.2, 0.25) is 0 Å². The molecular weight excluding hydrogens is 250 g/mol. The molecule has 0 unspecified atom stereocenters. The van der Waals surface area contributed by atoms with Crippen LogP contribution >= 0.6 is 12.2 Å². The van der Waals surface area contributed by atoms with Gasteiger partial charge in [-0.3, -0.25) is 10.2 Å². The molecule has 2 rings (SSSR count). The van der Waals surface area contributed by atoms with Gasteiger partial charge in [0, 0.05) is 32.2 Å². The molecule has 2 fully saturated rings. The number of nitrogens with one attached hydrogen (secondary N) is 1. The summed E-state index contributed by atoms with van der Waals surface area (Å²) in [5.74, 6) is 0. The number of nitrogens with zero attached hydrogens (tertiary/aromatic N) is 2. The lowest BCUT2D eigenvalue weighted by molar-refractivity contribution is 0.0847. The first-order chi connectivity index (χ1) is 8.70. The monoisotopic (exact) mass is 271 g/mol. The Balaban J connectivity index is 1.71. The summed E-state index contributed by atoms with van der Waals surface area (Å²) in [6, 6.07) is 0.790. The largest absolute Gasteiger partial charge is 0.450 e. The molecule has 1 saturated heterocycles. The fourth-order valence-corrected chi connectivity index (χ4v) is 2.64. The molecular formula is C12H21N3O2S. The van der Waals surface area contributed by atoms with Gasteiger partial charge in [0.15, 0.2) is 5.11 Å². The van der Waals surface area contributed by atoms with Crippen molar-refractivity contribution in [2.24, 2.45) is 0 Å². The number of ether oxygens (including phenoxy) is 1. The Morgan fingerprint density at radius 3 is 2.50 bits per heavy atom. The SMILES string of the molecule is CCOC(=O)NC(=S)N1CCN(C2CCC2)CC1. The summed E-state index contributed by atoms with van der Waals surface area (Å²) in [7, 11) is 0. The van der Waals surface area contributed by atoms with E-state index in [1.165, 1.54) is 19.3 Å². The molecule has 102 valence electrons. The van der Waals surface area contributed by atoms with Crippen molar-refractivity contribution >= 4 is 23.4 Å². The van der Waals surface area contributed by atoms with E-state index in [4.69, 9.17) is 17.0 Å². The predicted molar refractivity (Wildman–Crippen MR) is 73.5 cm³/mol. The van der Waals surface area contributed by atoms with Crippen LogP contribution in [0.2, 0.25) is 0 Å². The molecule has 0 radical (unpaired) electrons. The summed E-state index contributed by atoms with van der Waals surface area (Å²) < 4.78 is 4.81. The highest BCUT2D eigenvalue weighted by Gasteiger charge is 2.28. The lowest BCUT2D eigenvalue weighted by atomic mass is 9.91. The molecule has 1 aliphatic carbocycles. The summed E-state index contributed by atoms with van der Waals surface area (Å²) in [6.07, 6.45) is 3.59. The number of amides is 1. The van der Waals surface area contributed by atoms with Gasteiger partial charge in [0.05, 0.1) is 6.61 Å². The van der Waals surface area contributed by atoms with Crippen molar-refractivity contribution in [3.63, 3.8) is 0 Å². The Labute approximate surface area is 113 Å². The van der Waals surface area contributed by atoms with E-state index in [9.17, 15) is 4.79 Å². The summed E-state index contributed by atoms with van der Waals surface area (Å²) in [6.45, 7) is 6.00. The topological polar surface area (TPSA) is 44.8 Å². The molecule has 1 N–H and O–H groups in total. The maximum absolute atomic E-state index is 11.3. The second-order valence-electron chi connectivity index (χ2n) is 4.76. The van der Waals surface area contributed by atoms with Crippen molar-refractivity contribution in [3.05, 3.63) is 0 Å². The van der Waals surface area contributed by atoms with Crippen molar-refractivity contribution in [1.82, 2.24) is 15.1 Å². The van der Waals surface area contributed by atoms with Gasteiger partial charge in [-0.25, -0.2) is 4.79 Å². The van der Waals surface area contributed by atoms with Crippen molar-refractivity contribution < 1.29 is 9.53 Å². The summed E-state index contributed by atoms with van der Waals surface area (Å²) in [5.41, 5.74) is 0. The lowest BCUT2D eigenvalue weighted by Gasteiger charge is -2.43. The van der Waals surface area contributed by atoms with Gasteiger partial charge in [-0.1, -0.05) is 6.42 Å². The van der Waals surface area contributed by atoms with Crippen molar-refractivity contribution in [2.75, 3.05) is 32.8 Å². The van der Waals surface area contributed by atoms with Crippen LogP contribution in [0.3, 0.4) is 0 Å². The highest BCUT2D eigenvalue weighted by atomic mass is 32.1. The molecule has 0 spiro atoms. The Morgan fingerprint density at radius 2 is 2.00 bits per heavy atom. The van der Waals surface area contributed by atoms with E-state index in [0.29, 0.717) is 11.7 Å². The van der Waals surface area contributed by atoms with Gasteiger partial charge in [0.1, 0.15) is 0 Å². The normalized spacial score (nSPS) is 21.3. The maximum atomic E-state index is 11.3. The number of rotatable bonds is 2. The van der Waals surface area contributed by atoms with Gasteiger partial charge in [0.25, 0.3) is 0 Å². The molecule has 0 atom stereocenters. The smallest absolute Gasteiger partial charge is 0.413 e. The Kier molecular flexibility index (Phi) is 4.77. The van der Waals surface area contributed by atoms with E-state index in [0.717, 1.165) is 32.2 Å². The third-order valence-electron chi connectivity index (χ3n) is 3.68. The summed E-state index contributed by atoms with van der Waals surface area (Å²) >= 11 is 5.21. The number of hydrogen-bond acceptors (Lipinski definition) is 4. The summed E-state index contributed by atoms with van der Waals surface area (Å²) in [4.78, 5) is 15.8. The van der Waals surface area contributed by atoms with Crippen LogP contribution < -0.4 is 5.32 Å². The molecule has 1 saturated carbocycles. The third-order valence-corrected chi connectivity index (χ3v) is 4.04. The molecule has 0 aromatic heterocycles. The standard InChI is InChI=1S/C12H21N3O2S/c1-2-17-12(16)13-11(18)15-8-6-14(7-9-15)10-4-3-5-10/h10H,2-9H2,1H3,(H,13,16,18). The number of thiocarbonyl (C=S) groups is 1. The van der Waals surface area contributed by atoms with Gasteiger partial charge < -0.3 is 9.64 Å². The molecule has 18 heavy (non-hydrogen) atoms. The van der Waals surface area contributed by atoms with Crippen molar-refractivity contribution in [1.29, 1.82) is 0 Å². The van der Waals surface area contributed by atoms with E-state index >= 15 is 0 Å². The minimum Gasteiger partial charge on any atom is -0.450 e. The van der Waals surface area contributed by atoms with E-state index < -0.39 is 6.09 Å². The maximum Gasteiger partial charge on any atom is 0.413 e. The molecule has 1 aliphatic heterocycles. The molecule has 6 heteroatoms. The van der Waals surface area contributed by atoms with Crippen LogP contribution in [-0.2, 0) is 4.74 Å². The average Bonchev–Trinajstić information content (AvgIpc) is 2.27. The number of alkyl carbamates (subject to hydrolysis) is 1. The Hall–Kier alpha value is -0.880. The van der Waals surface area contributed by atoms with E-state index in [-0.39, 0.29) is 0 Å². The quantitative estimate of drug-likeness (QED) is 0.764. The minimum absolute atomic E-state index is 0.365. The minimum atomic E-state index is -0.455. The first kappa shape index (κ1) is 13.5. The second kappa shape index (κ2) is 6.33. The number of piperazine rings is 1. The number of hydrogen-bond donors (Lipinski definition) is 1. The summed E-state index contributed by atoms with van der Waals surface area (Å²) in [5, 5.41) is 3.09. The van der Waals surface area contributed by atoms with E-state index in [1.54, 1.807) is 6.92 Å². The molecule has 0 aromatic rings. The van der Waals surface area contributed by atoms with Crippen LogP contribution in [-0.4, -0.2) is 59.8 Å². The van der Waals surface area contributed by atoms with Gasteiger partial charge in [-0.15, -0.1) is 0 Å². The highest BCUT2D eigenvalue weighted by Crippen LogP contribution is 2.25. The van der Waals surface area contributed by atoms with Crippen LogP contribution in [0, 0.1) is 0 Å². The zero-order valence-corrected chi connectivity index (χ0v) is 11.7. The van der Waals surface area contributed by atoms with Gasteiger partial charge in [-0.05, 0) is 32.0 Å².